The molecule has 0 fully saturated rings. The first-order valence-corrected chi connectivity index (χ1v) is 4.23. The molecule has 0 aromatic carbocycles. The van der Waals surface area contributed by atoms with Crippen molar-refractivity contribution in [3.63, 3.8) is 0 Å². The van der Waals surface area contributed by atoms with Crippen molar-refractivity contribution < 1.29 is 14.6 Å². The molecule has 1 N–H and O–H groups in total. The van der Waals surface area contributed by atoms with E-state index in [0.29, 0.717) is 6.54 Å². The molecule has 0 saturated carbocycles. The predicted molar refractivity (Wildman–Crippen MR) is 50.8 cm³/mol. The topological polar surface area (TPSA) is 49.8 Å². The lowest BCUT2D eigenvalue weighted by Crippen LogP contribution is -2.20. The summed E-state index contributed by atoms with van der Waals surface area (Å²) < 4.78 is 4.90. The number of rotatable bonds is 7. The Hall–Kier alpha value is -0.870. The van der Waals surface area contributed by atoms with Crippen LogP contribution in [0.2, 0.25) is 0 Å². The number of carboxylic acid groups (broad SMARTS) is 1. The van der Waals surface area contributed by atoms with Gasteiger partial charge in [0.05, 0.1) is 0 Å². The predicted octanol–water partition coefficient (Wildman–Crippen LogP) is 0.595. The number of nitrogens with zero attached hydrogens (tertiary/aromatic N) is 1. The number of methoxy groups -OCH3 is 1. The highest BCUT2D eigenvalue weighted by Crippen LogP contribution is 1.88. The summed E-state index contributed by atoms with van der Waals surface area (Å²) in [6.45, 7) is 2.32. The van der Waals surface area contributed by atoms with E-state index < -0.39 is 5.97 Å². The molecule has 0 aromatic rings. The van der Waals surface area contributed by atoms with Crippen LogP contribution in [0.25, 0.3) is 0 Å². The van der Waals surface area contributed by atoms with Crippen molar-refractivity contribution in [1.82, 2.24) is 4.90 Å². The van der Waals surface area contributed by atoms with E-state index in [-0.39, 0.29) is 0 Å². The summed E-state index contributed by atoms with van der Waals surface area (Å²) in [5.74, 6) is -0.898. The van der Waals surface area contributed by atoms with E-state index in [9.17, 15) is 4.79 Å². The Labute approximate surface area is 78.8 Å². The lowest BCUT2D eigenvalue weighted by atomic mass is 10.4. The van der Waals surface area contributed by atoms with Crippen molar-refractivity contribution in [2.75, 3.05) is 33.9 Å². The van der Waals surface area contributed by atoms with Crippen molar-refractivity contribution in [3.05, 3.63) is 12.2 Å². The Kier molecular flexibility index (Phi) is 7.24. The van der Waals surface area contributed by atoms with E-state index in [0.717, 1.165) is 25.6 Å². The molecule has 0 aliphatic heterocycles. The van der Waals surface area contributed by atoms with Crippen molar-refractivity contribution in [3.8, 4) is 0 Å². The van der Waals surface area contributed by atoms with Crippen molar-refractivity contribution >= 4 is 5.97 Å². The fraction of sp³-hybridized carbons (Fsp3) is 0.667. The van der Waals surface area contributed by atoms with Gasteiger partial charge >= 0.3 is 5.97 Å². The second-order valence-corrected chi connectivity index (χ2v) is 2.85. The van der Waals surface area contributed by atoms with Crippen molar-refractivity contribution in [2.24, 2.45) is 0 Å². The quantitative estimate of drug-likeness (QED) is 0.468. The smallest absolute Gasteiger partial charge is 0.328 e. The van der Waals surface area contributed by atoms with Crippen LogP contribution in [-0.2, 0) is 9.53 Å². The van der Waals surface area contributed by atoms with E-state index >= 15 is 0 Å². The lowest BCUT2D eigenvalue weighted by Gasteiger charge is -2.12. The molecule has 0 spiro atoms. The van der Waals surface area contributed by atoms with Gasteiger partial charge in [0.1, 0.15) is 0 Å². The summed E-state index contributed by atoms with van der Waals surface area (Å²) in [5, 5.41) is 8.32. The van der Waals surface area contributed by atoms with Crippen LogP contribution in [-0.4, -0.2) is 49.8 Å². The monoisotopic (exact) mass is 187 g/mol. The molecule has 13 heavy (non-hydrogen) atoms. The van der Waals surface area contributed by atoms with Crippen LogP contribution >= 0.6 is 0 Å². The second-order valence-electron chi connectivity index (χ2n) is 2.85. The van der Waals surface area contributed by atoms with Crippen LogP contribution in [0, 0.1) is 0 Å². The minimum Gasteiger partial charge on any atom is -0.478 e. The van der Waals surface area contributed by atoms with Crippen LogP contribution in [0.4, 0.5) is 0 Å². The molecule has 4 nitrogen and oxygen atoms in total. The van der Waals surface area contributed by atoms with Crippen molar-refractivity contribution in [1.29, 1.82) is 0 Å². The minimum atomic E-state index is -0.898. The summed E-state index contributed by atoms with van der Waals surface area (Å²) >= 11 is 0. The van der Waals surface area contributed by atoms with Gasteiger partial charge in [-0.25, -0.2) is 4.79 Å². The van der Waals surface area contributed by atoms with Gasteiger partial charge in [0.15, 0.2) is 0 Å². The number of aliphatic carboxylic acids is 1. The first-order valence-electron chi connectivity index (χ1n) is 4.23. The second kappa shape index (κ2) is 7.76. The fourth-order valence-electron chi connectivity index (χ4n) is 0.904. The lowest BCUT2D eigenvalue weighted by molar-refractivity contribution is -0.131. The molecule has 0 bridgehead atoms. The average Bonchev–Trinajstić information content (AvgIpc) is 2.04. The summed E-state index contributed by atoms with van der Waals surface area (Å²) in [4.78, 5) is 12.2. The third-order valence-corrected chi connectivity index (χ3v) is 1.57. The van der Waals surface area contributed by atoms with Gasteiger partial charge in [-0.3, -0.25) is 0 Å². The molecular formula is C9H17NO3. The molecule has 0 atom stereocenters. The van der Waals surface area contributed by atoms with Gasteiger partial charge < -0.3 is 14.7 Å². The summed E-state index contributed by atoms with van der Waals surface area (Å²) in [7, 11) is 3.62. The summed E-state index contributed by atoms with van der Waals surface area (Å²) in [5.41, 5.74) is 0. The maximum atomic E-state index is 10.1. The van der Waals surface area contributed by atoms with Gasteiger partial charge in [0.2, 0.25) is 0 Å². The molecule has 0 aliphatic carbocycles. The SMILES string of the molecule is COCCCN(C)CC=CC(=O)O. The Bertz CT molecular complexity index is 168. The van der Waals surface area contributed by atoms with Gasteiger partial charge in [-0.1, -0.05) is 6.08 Å². The van der Waals surface area contributed by atoms with Crippen LogP contribution in [0.3, 0.4) is 0 Å². The van der Waals surface area contributed by atoms with Gasteiger partial charge in [-0.05, 0) is 13.5 Å². The largest absolute Gasteiger partial charge is 0.478 e. The molecule has 4 heteroatoms. The molecule has 76 valence electrons. The van der Waals surface area contributed by atoms with Crippen LogP contribution in [0.1, 0.15) is 6.42 Å². The summed E-state index contributed by atoms with van der Waals surface area (Å²) in [6, 6.07) is 0. The molecule has 0 rings (SSSR count). The first-order chi connectivity index (χ1) is 6.16. The highest BCUT2D eigenvalue weighted by Gasteiger charge is 1.94. The molecule has 0 saturated heterocycles. The van der Waals surface area contributed by atoms with Crippen molar-refractivity contribution in [2.45, 2.75) is 6.42 Å². The number of hydrogen-bond donors (Lipinski definition) is 1. The standard InChI is InChI=1S/C9H17NO3/c1-10(7-4-8-13-2)6-3-5-9(11)12/h3,5H,4,6-8H2,1-2H3,(H,11,12). The molecule has 0 amide bonds. The van der Waals surface area contributed by atoms with Crippen LogP contribution < -0.4 is 0 Å². The number of carboxylic acids is 1. The Morgan fingerprint density at radius 2 is 2.31 bits per heavy atom. The zero-order chi connectivity index (χ0) is 10.1. The Morgan fingerprint density at radius 1 is 1.62 bits per heavy atom. The average molecular weight is 187 g/mol. The van der Waals surface area contributed by atoms with Gasteiger partial charge in [-0.15, -0.1) is 0 Å². The molecule has 0 aromatic heterocycles. The molecule has 0 aliphatic rings. The molecular weight excluding hydrogens is 170 g/mol. The molecule has 0 radical (unpaired) electrons. The normalized spacial score (nSPS) is 11.3. The van der Waals surface area contributed by atoms with E-state index in [1.165, 1.54) is 0 Å². The summed E-state index contributed by atoms with van der Waals surface area (Å²) in [6.07, 6.45) is 3.76. The van der Waals surface area contributed by atoms with Gasteiger partial charge in [0.25, 0.3) is 0 Å². The van der Waals surface area contributed by atoms with Gasteiger partial charge in [0, 0.05) is 32.9 Å². The van der Waals surface area contributed by atoms with Crippen LogP contribution in [0.15, 0.2) is 12.2 Å². The Morgan fingerprint density at radius 3 is 2.85 bits per heavy atom. The van der Waals surface area contributed by atoms with E-state index in [2.05, 4.69) is 0 Å². The van der Waals surface area contributed by atoms with Crippen LogP contribution in [0.5, 0.6) is 0 Å². The molecule has 0 unspecified atom stereocenters. The fourth-order valence-corrected chi connectivity index (χ4v) is 0.904. The number of hydrogen-bond acceptors (Lipinski definition) is 3. The first kappa shape index (κ1) is 12.1. The highest BCUT2D eigenvalue weighted by molar-refractivity contribution is 5.79. The van der Waals surface area contributed by atoms with Gasteiger partial charge in [-0.2, -0.15) is 0 Å². The zero-order valence-corrected chi connectivity index (χ0v) is 8.19. The van der Waals surface area contributed by atoms with E-state index in [1.807, 2.05) is 11.9 Å². The maximum Gasteiger partial charge on any atom is 0.328 e. The third-order valence-electron chi connectivity index (χ3n) is 1.57. The highest BCUT2D eigenvalue weighted by atomic mass is 16.5. The maximum absolute atomic E-state index is 10.1. The van der Waals surface area contributed by atoms with E-state index in [4.69, 9.17) is 9.84 Å². The zero-order valence-electron chi connectivity index (χ0n) is 8.19. The molecule has 0 heterocycles. The number of likely N-dealkylation sites (N-methyl/N-ethyl adjacent to an activating group) is 1. The minimum absolute atomic E-state index is 0.663. The number of ether oxygens (including phenoxy) is 1. The third kappa shape index (κ3) is 9.04. The number of carbonyl (C=O) groups is 1. The Balaban J connectivity index is 3.39. The van der Waals surface area contributed by atoms with E-state index in [1.54, 1.807) is 13.2 Å².